The van der Waals surface area contributed by atoms with Gasteiger partial charge >= 0.3 is 5.97 Å². The van der Waals surface area contributed by atoms with Crippen LogP contribution in [-0.4, -0.2) is 27.9 Å². The van der Waals surface area contributed by atoms with Crippen molar-refractivity contribution in [2.45, 2.75) is 33.1 Å². The highest BCUT2D eigenvalue weighted by molar-refractivity contribution is 6.23. The lowest BCUT2D eigenvalue weighted by Crippen LogP contribution is -2.36. The minimum absolute atomic E-state index is 0.0845. The third-order valence-corrected chi connectivity index (χ3v) is 3.98. The molecule has 2 amide bonds. The number of pyridine rings is 1. The average Bonchev–Trinajstić information content (AvgIpc) is 2.70. The van der Waals surface area contributed by atoms with E-state index >= 15 is 0 Å². The Labute approximate surface area is 116 Å². The lowest BCUT2D eigenvalue weighted by molar-refractivity contribution is -0.126. The summed E-state index contributed by atoms with van der Waals surface area (Å²) in [5.41, 5.74) is -0.873. The summed E-state index contributed by atoms with van der Waals surface area (Å²) in [6, 6.07) is 2.80. The van der Waals surface area contributed by atoms with E-state index in [0.29, 0.717) is 12.8 Å². The smallest absolute Gasteiger partial charge is 0.339 e. The summed E-state index contributed by atoms with van der Waals surface area (Å²) in [7, 11) is 0. The molecular formula is C14H16N2O4. The molecular weight excluding hydrogens is 260 g/mol. The minimum Gasteiger partial charge on any atom is -0.478 e. The van der Waals surface area contributed by atoms with Crippen molar-refractivity contribution >= 4 is 23.6 Å². The van der Waals surface area contributed by atoms with Crippen LogP contribution in [0.3, 0.4) is 0 Å². The van der Waals surface area contributed by atoms with Gasteiger partial charge in [0.25, 0.3) is 0 Å². The van der Waals surface area contributed by atoms with E-state index in [1.807, 2.05) is 13.8 Å². The summed E-state index contributed by atoms with van der Waals surface area (Å²) < 4.78 is 0. The van der Waals surface area contributed by atoms with Gasteiger partial charge in [-0.3, -0.25) is 9.59 Å². The van der Waals surface area contributed by atoms with Gasteiger partial charge in [0, 0.05) is 12.6 Å². The van der Waals surface area contributed by atoms with Crippen molar-refractivity contribution in [2.75, 3.05) is 4.90 Å². The van der Waals surface area contributed by atoms with E-state index in [2.05, 4.69) is 4.98 Å². The first-order chi connectivity index (χ1) is 9.46. The van der Waals surface area contributed by atoms with Gasteiger partial charge < -0.3 is 5.11 Å². The normalized spacial score (nSPS) is 17.6. The minimum atomic E-state index is -1.21. The molecule has 6 nitrogen and oxygen atoms in total. The van der Waals surface area contributed by atoms with Crippen LogP contribution < -0.4 is 4.90 Å². The Morgan fingerprint density at radius 3 is 2.55 bits per heavy atom. The molecule has 1 aliphatic rings. The molecule has 1 N–H and O–H groups in total. The number of carbonyl (C=O) groups is 3. The number of amides is 2. The van der Waals surface area contributed by atoms with Crippen molar-refractivity contribution < 1.29 is 19.5 Å². The number of hydrogen-bond donors (Lipinski definition) is 1. The van der Waals surface area contributed by atoms with Crippen molar-refractivity contribution in [3.63, 3.8) is 0 Å². The van der Waals surface area contributed by atoms with Crippen LogP contribution in [0, 0.1) is 5.41 Å². The second-order valence-electron chi connectivity index (χ2n) is 4.88. The van der Waals surface area contributed by atoms with Crippen LogP contribution >= 0.6 is 0 Å². The molecule has 1 aromatic heterocycles. The topological polar surface area (TPSA) is 87.6 Å². The van der Waals surface area contributed by atoms with E-state index < -0.39 is 11.4 Å². The average molecular weight is 276 g/mol. The number of carboxylic acid groups (broad SMARTS) is 1. The van der Waals surface area contributed by atoms with E-state index in [-0.39, 0.29) is 29.6 Å². The zero-order valence-electron chi connectivity index (χ0n) is 11.4. The van der Waals surface area contributed by atoms with Crippen molar-refractivity contribution in [1.29, 1.82) is 0 Å². The Morgan fingerprint density at radius 1 is 1.40 bits per heavy atom. The van der Waals surface area contributed by atoms with Crippen LogP contribution in [0.25, 0.3) is 0 Å². The largest absolute Gasteiger partial charge is 0.478 e. The van der Waals surface area contributed by atoms with Crippen LogP contribution in [0.4, 0.5) is 5.82 Å². The molecule has 20 heavy (non-hydrogen) atoms. The highest BCUT2D eigenvalue weighted by Gasteiger charge is 2.50. The fourth-order valence-corrected chi connectivity index (χ4v) is 2.55. The lowest BCUT2D eigenvalue weighted by Gasteiger charge is -2.23. The van der Waals surface area contributed by atoms with Crippen molar-refractivity contribution in [3.05, 3.63) is 23.9 Å². The maximum absolute atomic E-state index is 12.5. The molecule has 2 rings (SSSR count). The number of aromatic carboxylic acids is 1. The second-order valence-corrected chi connectivity index (χ2v) is 4.88. The molecule has 0 bridgehead atoms. The summed E-state index contributed by atoms with van der Waals surface area (Å²) in [4.78, 5) is 40.8. The van der Waals surface area contributed by atoms with E-state index in [1.165, 1.54) is 18.3 Å². The number of nitrogens with zero attached hydrogens (tertiary/aromatic N) is 2. The summed E-state index contributed by atoms with van der Waals surface area (Å²) in [6.07, 6.45) is 2.56. The molecule has 0 radical (unpaired) electrons. The molecule has 0 spiro atoms. The zero-order valence-corrected chi connectivity index (χ0v) is 11.4. The van der Waals surface area contributed by atoms with Gasteiger partial charge in [0.05, 0.1) is 5.41 Å². The number of anilines is 1. The molecule has 1 aromatic rings. The number of imide groups is 1. The zero-order chi connectivity index (χ0) is 14.9. The van der Waals surface area contributed by atoms with Gasteiger partial charge in [-0.1, -0.05) is 13.8 Å². The van der Waals surface area contributed by atoms with Gasteiger partial charge in [-0.2, -0.15) is 0 Å². The number of rotatable bonds is 4. The summed E-state index contributed by atoms with van der Waals surface area (Å²) in [5.74, 6) is -2.04. The quantitative estimate of drug-likeness (QED) is 0.848. The maximum atomic E-state index is 12.5. The van der Waals surface area contributed by atoms with Crippen LogP contribution in [-0.2, 0) is 9.59 Å². The molecule has 0 saturated carbocycles. The fraction of sp³-hybridized carbons (Fsp3) is 0.429. The molecule has 1 aliphatic heterocycles. The van der Waals surface area contributed by atoms with Crippen LogP contribution in [0.15, 0.2) is 18.3 Å². The molecule has 0 aliphatic carbocycles. The Balaban J connectivity index is 2.52. The molecule has 6 heteroatoms. The predicted molar refractivity (Wildman–Crippen MR) is 71.3 cm³/mol. The molecule has 0 atom stereocenters. The predicted octanol–water partition coefficient (Wildman–Crippen LogP) is 1.85. The van der Waals surface area contributed by atoms with Crippen molar-refractivity contribution in [3.8, 4) is 0 Å². The third kappa shape index (κ3) is 1.97. The van der Waals surface area contributed by atoms with E-state index in [4.69, 9.17) is 5.11 Å². The van der Waals surface area contributed by atoms with Crippen LogP contribution in [0.5, 0.6) is 0 Å². The number of carboxylic acids is 1. The summed E-state index contributed by atoms with van der Waals surface area (Å²) >= 11 is 0. The first-order valence-corrected chi connectivity index (χ1v) is 6.52. The summed E-state index contributed by atoms with van der Waals surface area (Å²) in [5, 5.41) is 9.15. The first kappa shape index (κ1) is 14.2. The molecule has 106 valence electrons. The van der Waals surface area contributed by atoms with E-state index in [1.54, 1.807) is 0 Å². The fourth-order valence-electron chi connectivity index (χ4n) is 2.55. The number of carbonyl (C=O) groups excluding carboxylic acids is 2. The number of hydrogen-bond acceptors (Lipinski definition) is 4. The Bertz CT molecular complexity index is 578. The van der Waals surface area contributed by atoms with Gasteiger partial charge in [0.15, 0.2) is 5.82 Å². The van der Waals surface area contributed by atoms with Gasteiger partial charge in [0.1, 0.15) is 5.56 Å². The molecule has 0 unspecified atom stereocenters. The highest BCUT2D eigenvalue weighted by atomic mass is 16.4. The Kier molecular flexibility index (Phi) is 3.57. The standard InChI is InChI=1S/C14H16N2O4/c1-3-14(4-2)8-10(17)16(13(14)20)11-9(12(18)19)6-5-7-15-11/h5-7H,3-4,8H2,1-2H3,(H,18,19). The molecule has 2 heterocycles. The van der Waals surface area contributed by atoms with Gasteiger partial charge in [-0.25, -0.2) is 14.7 Å². The van der Waals surface area contributed by atoms with Gasteiger partial charge in [-0.15, -0.1) is 0 Å². The molecule has 1 fully saturated rings. The number of aromatic nitrogens is 1. The van der Waals surface area contributed by atoms with Crippen LogP contribution in [0.2, 0.25) is 0 Å². The van der Waals surface area contributed by atoms with Gasteiger partial charge in [0.2, 0.25) is 11.8 Å². The third-order valence-electron chi connectivity index (χ3n) is 3.98. The maximum Gasteiger partial charge on any atom is 0.339 e. The molecule has 1 saturated heterocycles. The highest BCUT2D eigenvalue weighted by Crippen LogP contribution is 2.41. The van der Waals surface area contributed by atoms with Crippen LogP contribution in [0.1, 0.15) is 43.5 Å². The molecule has 0 aromatic carbocycles. The van der Waals surface area contributed by atoms with Crippen molar-refractivity contribution in [2.24, 2.45) is 5.41 Å². The SMILES string of the molecule is CCC1(CC)CC(=O)N(c2ncccc2C(=O)O)C1=O. The van der Waals surface area contributed by atoms with E-state index in [9.17, 15) is 14.4 Å². The second kappa shape index (κ2) is 5.03. The Morgan fingerprint density at radius 2 is 2.05 bits per heavy atom. The van der Waals surface area contributed by atoms with Crippen molar-refractivity contribution in [1.82, 2.24) is 4.98 Å². The monoisotopic (exact) mass is 276 g/mol. The summed E-state index contributed by atoms with van der Waals surface area (Å²) in [6.45, 7) is 3.71. The lowest BCUT2D eigenvalue weighted by atomic mass is 9.81. The first-order valence-electron chi connectivity index (χ1n) is 6.52. The van der Waals surface area contributed by atoms with E-state index in [0.717, 1.165) is 4.90 Å². The Hall–Kier alpha value is -2.24. The van der Waals surface area contributed by atoms with Gasteiger partial charge in [-0.05, 0) is 25.0 Å².